The minimum absolute atomic E-state index is 0.256. The molecule has 2 atom stereocenters. The highest BCUT2D eigenvalue weighted by Gasteiger charge is 2.49. The Labute approximate surface area is 118 Å². The van der Waals surface area contributed by atoms with Gasteiger partial charge in [0, 0.05) is 13.1 Å². The third-order valence-electron chi connectivity index (χ3n) is 5.28. The SMILES string of the molecule is CCC1CCCC12CN=C(N)N2CCN(CC)CC. The maximum Gasteiger partial charge on any atom is 0.191 e. The number of guanidine groups is 1. The number of nitrogens with zero attached hydrogens (tertiary/aromatic N) is 3. The molecule has 110 valence electrons. The average Bonchev–Trinajstić information content (AvgIpc) is 2.98. The maximum atomic E-state index is 6.18. The molecule has 2 unspecified atom stereocenters. The van der Waals surface area contributed by atoms with Gasteiger partial charge in [0.25, 0.3) is 0 Å². The van der Waals surface area contributed by atoms with Crippen molar-refractivity contribution in [2.24, 2.45) is 16.6 Å². The summed E-state index contributed by atoms with van der Waals surface area (Å²) in [6.45, 7) is 12.1. The Morgan fingerprint density at radius 1 is 1.37 bits per heavy atom. The third-order valence-corrected chi connectivity index (χ3v) is 5.28. The van der Waals surface area contributed by atoms with Crippen molar-refractivity contribution < 1.29 is 0 Å². The number of rotatable bonds is 6. The van der Waals surface area contributed by atoms with Crippen molar-refractivity contribution in [3.8, 4) is 0 Å². The molecule has 1 fully saturated rings. The summed E-state index contributed by atoms with van der Waals surface area (Å²) in [6, 6.07) is 0. The van der Waals surface area contributed by atoms with Crippen molar-refractivity contribution in [3.63, 3.8) is 0 Å². The maximum absolute atomic E-state index is 6.18. The lowest BCUT2D eigenvalue weighted by molar-refractivity contribution is 0.128. The van der Waals surface area contributed by atoms with Gasteiger partial charge in [-0.2, -0.15) is 0 Å². The summed E-state index contributed by atoms with van der Waals surface area (Å²) in [5.74, 6) is 1.56. The van der Waals surface area contributed by atoms with E-state index in [-0.39, 0.29) is 5.54 Å². The van der Waals surface area contributed by atoms with Gasteiger partial charge in [-0.1, -0.05) is 33.6 Å². The van der Waals surface area contributed by atoms with Crippen LogP contribution in [0.1, 0.15) is 46.5 Å². The average molecular weight is 266 g/mol. The molecule has 2 aliphatic rings. The van der Waals surface area contributed by atoms with E-state index in [0.29, 0.717) is 0 Å². The summed E-state index contributed by atoms with van der Waals surface area (Å²) in [6.07, 6.45) is 5.21. The van der Waals surface area contributed by atoms with Crippen LogP contribution in [0.25, 0.3) is 0 Å². The summed E-state index contributed by atoms with van der Waals surface area (Å²) in [5, 5.41) is 0. The largest absolute Gasteiger partial charge is 0.370 e. The van der Waals surface area contributed by atoms with Crippen LogP contribution in [0.4, 0.5) is 0 Å². The van der Waals surface area contributed by atoms with Crippen LogP contribution in [0, 0.1) is 5.92 Å². The molecule has 2 rings (SSSR count). The van der Waals surface area contributed by atoms with E-state index in [1.807, 2.05) is 0 Å². The van der Waals surface area contributed by atoms with E-state index in [2.05, 4.69) is 35.6 Å². The van der Waals surface area contributed by atoms with Crippen LogP contribution in [-0.2, 0) is 0 Å². The molecule has 1 heterocycles. The second-order valence-corrected chi connectivity index (χ2v) is 5.95. The fourth-order valence-electron chi connectivity index (χ4n) is 4.01. The van der Waals surface area contributed by atoms with Crippen LogP contribution in [0.3, 0.4) is 0 Å². The number of hydrogen-bond acceptors (Lipinski definition) is 4. The molecular formula is C15H30N4. The number of hydrogen-bond donors (Lipinski definition) is 1. The van der Waals surface area contributed by atoms with Crippen molar-refractivity contribution in [2.75, 3.05) is 32.7 Å². The molecule has 1 saturated carbocycles. The predicted octanol–water partition coefficient (Wildman–Crippen LogP) is 1.91. The van der Waals surface area contributed by atoms with Crippen molar-refractivity contribution in [2.45, 2.75) is 52.0 Å². The van der Waals surface area contributed by atoms with E-state index in [9.17, 15) is 0 Å². The Kier molecular flexibility index (Phi) is 4.71. The Hall–Kier alpha value is -0.770. The lowest BCUT2D eigenvalue weighted by Crippen LogP contribution is -2.55. The van der Waals surface area contributed by atoms with Crippen LogP contribution >= 0.6 is 0 Å². The van der Waals surface area contributed by atoms with Gasteiger partial charge in [0.2, 0.25) is 0 Å². The van der Waals surface area contributed by atoms with Crippen LogP contribution < -0.4 is 5.73 Å². The van der Waals surface area contributed by atoms with E-state index in [1.54, 1.807) is 0 Å². The summed E-state index contributed by atoms with van der Waals surface area (Å²) >= 11 is 0. The van der Waals surface area contributed by atoms with Crippen LogP contribution in [0.15, 0.2) is 4.99 Å². The van der Waals surface area contributed by atoms with Crippen LogP contribution in [0.5, 0.6) is 0 Å². The number of nitrogens with two attached hydrogens (primary N) is 1. The molecule has 19 heavy (non-hydrogen) atoms. The molecule has 0 aromatic carbocycles. The van der Waals surface area contributed by atoms with Crippen molar-refractivity contribution in [3.05, 3.63) is 0 Å². The second kappa shape index (κ2) is 6.12. The molecule has 0 aromatic rings. The fraction of sp³-hybridized carbons (Fsp3) is 0.933. The first-order chi connectivity index (χ1) is 9.17. The van der Waals surface area contributed by atoms with E-state index in [0.717, 1.165) is 44.6 Å². The molecule has 4 nitrogen and oxygen atoms in total. The Bertz CT molecular complexity index is 324. The highest BCUT2D eigenvalue weighted by Crippen LogP contribution is 2.44. The normalized spacial score (nSPS) is 30.6. The van der Waals surface area contributed by atoms with Crippen LogP contribution in [-0.4, -0.2) is 54.0 Å². The zero-order valence-electron chi connectivity index (χ0n) is 12.9. The van der Waals surface area contributed by atoms with Gasteiger partial charge in [-0.3, -0.25) is 4.99 Å². The molecule has 0 saturated heterocycles. The second-order valence-electron chi connectivity index (χ2n) is 5.95. The first-order valence-electron chi connectivity index (χ1n) is 7.97. The molecule has 1 aliphatic carbocycles. The van der Waals surface area contributed by atoms with E-state index < -0.39 is 0 Å². The Balaban J connectivity index is 2.05. The minimum Gasteiger partial charge on any atom is -0.370 e. The highest BCUT2D eigenvalue weighted by atomic mass is 15.4. The fourth-order valence-corrected chi connectivity index (χ4v) is 4.01. The zero-order chi connectivity index (χ0) is 13.9. The summed E-state index contributed by atoms with van der Waals surface area (Å²) < 4.78 is 0. The summed E-state index contributed by atoms with van der Waals surface area (Å²) in [4.78, 5) is 9.49. The van der Waals surface area contributed by atoms with E-state index >= 15 is 0 Å². The minimum atomic E-state index is 0.256. The van der Waals surface area contributed by atoms with Crippen molar-refractivity contribution in [1.29, 1.82) is 0 Å². The van der Waals surface area contributed by atoms with Gasteiger partial charge in [-0.15, -0.1) is 0 Å². The first kappa shape index (κ1) is 14.6. The van der Waals surface area contributed by atoms with E-state index in [4.69, 9.17) is 5.73 Å². The molecule has 1 aliphatic heterocycles. The van der Waals surface area contributed by atoms with Gasteiger partial charge in [0.05, 0.1) is 12.1 Å². The topological polar surface area (TPSA) is 44.9 Å². The lowest BCUT2D eigenvalue weighted by atomic mass is 9.84. The van der Waals surface area contributed by atoms with Crippen molar-refractivity contribution in [1.82, 2.24) is 9.80 Å². The van der Waals surface area contributed by atoms with Crippen LogP contribution in [0.2, 0.25) is 0 Å². The molecule has 0 aromatic heterocycles. The molecule has 1 spiro atoms. The molecule has 0 radical (unpaired) electrons. The number of aliphatic imine (C=N–C) groups is 1. The Morgan fingerprint density at radius 2 is 2.11 bits per heavy atom. The summed E-state index contributed by atoms with van der Waals surface area (Å²) in [5.41, 5.74) is 6.43. The smallest absolute Gasteiger partial charge is 0.191 e. The highest BCUT2D eigenvalue weighted by molar-refractivity contribution is 5.81. The van der Waals surface area contributed by atoms with Gasteiger partial charge >= 0.3 is 0 Å². The molecular weight excluding hydrogens is 236 g/mol. The number of likely N-dealkylation sites (N-methyl/N-ethyl adjacent to an activating group) is 1. The quantitative estimate of drug-likeness (QED) is 0.799. The molecule has 0 amide bonds. The monoisotopic (exact) mass is 266 g/mol. The zero-order valence-corrected chi connectivity index (χ0v) is 12.9. The molecule has 0 bridgehead atoms. The van der Waals surface area contributed by atoms with E-state index in [1.165, 1.54) is 25.7 Å². The van der Waals surface area contributed by atoms with Gasteiger partial charge < -0.3 is 15.5 Å². The summed E-state index contributed by atoms with van der Waals surface area (Å²) in [7, 11) is 0. The third kappa shape index (κ3) is 2.60. The van der Waals surface area contributed by atoms with Gasteiger partial charge in [-0.25, -0.2) is 0 Å². The Morgan fingerprint density at radius 3 is 2.74 bits per heavy atom. The molecule has 2 N–H and O–H groups in total. The van der Waals surface area contributed by atoms with Gasteiger partial charge in [0.15, 0.2) is 5.96 Å². The van der Waals surface area contributed by atoms with Gasteiger partial charge in [0.1, 0.15) is 0 Å². The standard InChI is InChI=1S/C15H30N4/c1-4-13-8-7-9-15(13)12-17-14(16)19(15)11-10-18(5-2)6-3/h13H,4-12H2,1-3H3,(H2,16,17). The van der Waals surface area contributed by atoms with Crippen molar-refractivity contribution >= 4 is 5.96 Å². The predicted molar refractivity (Wildman–Crippen MR) is 81.3 cm³/mol. The van der Waals surface area contributed by atoms with Gasteiger partial charge in [-0.05, 0) is 31.8 Å². The molecule has 4 heteroatoms. The lowest BCUT2D eigenvalue weighted by Gasteiger charge is -2.41. The first-order valence-corrected chi connectivity index (χ1v) is 7.97.